The largest absolute Gasteiger partial charge is 0.433 e. The summed E-state index contributed by atoms with van der Waals surface area (Å²) in [6, 6.07) is 7.38. The number of benzene rings is 1. The number of pyridine rings is 1. The second kappa shape index (κ2) is 8.88. The summed E-state index contributed by atoms with van der Waals surface area (Å²) in [5.41, 5.74) is 0.253. The zero-order chi connectivity index (χ0) is 24.7. The molecule has 4 aromatic rings. The van der Waals surface area contributed by atoms with Crippen molar-refractivity contribution in [2.45, 2.75) is 37.9 Å². The number of thiophene rings is 1. The zero-order valence-corrected chi connectivity index (χ0v) is 19.2. The average Bonchev–Trinajstić information content (AvgIpc) is 3.59. The lowest BCUT2D eigenvalue weighted by Gasteiger charge is -2.17. The normalized spacial score (nSPS) is 14.7. The highest BCUT2D eigenvalue weighted by Gasteiger charge is 2.32. The number of alkyl halides is 3. The summed E-state index contributed by atoms with van der Waals surface area (Å²) in [5.74, 6) is -0.0409. The van der Waals surface area contributed by atoms with Gasteiger partial charge in [0.05, 0.1) is 17.8 Å². The molecule has 0 radical (unpaired) electrons. The first-order chi connectivity index (χ1) is 16.7. The van der Waals surface area contributed by atoms with Gasteiger partial charge in [-0.15, -0.1) is 11.3 Å². The van der Waals surface area contributed by atoms with E-state index in [1.165, 1.54) is 35.9 Å². The second-order valence-electron chi connectivity index (χ2n) is 8.35. The first kappa shape index (κ1) is 23.2. The van der Waals surface area contributed by atoms with Gasteiger partial charge in [0.25, 0.3) is 5.91 Å². The maximum atomic E-state index is 14.6. The summed E-state index contributed by atoms with van der Waals surface area (Å²) >= 11 is 1.61. The Bertz CT molecular complexity index is 1400. The average molecular weight is 502 g/mol. The molecule has 5 rings (SSSR count). The maximum absolute atomic E-state index is 14.6. The first-order valence-electron chi connectivity index (χ1n) is 10.8. The van der Waals surface area contributed by atoms with Gasteiger partial charge in [-0.25, -0.2) is 14.4 Å². The van der Waals surface area contributed by atoms with Gasteiger partial charge in [-0.3, -0.25) is 9.78 Å². The van der Waals surface area contributed by atoms with Gasteiger partial charge in [0.2, 0.25) is 0 Å². The summed E-state index contributed by atoms with van der Waals surface area (Å²) < 4.78 is 52.6. The Morgan fingerprint density at radius 2 is 1.91 bits per heavy atom. The van der Waals surface area contributed by atoms with Crippen LogP contribution in [0.1, 0.15) is 58.2 Å². The van der Waals surface area contributed by atoms with E-state index >= 15 is 0 Å². The van der Waals surface area contributed by atoms with Crippen molar-refractivity contribution in [1.29, 1.82) is 0 Å². The molecule has 0 spiro atoms. The third-order valence-electron chi connectivity index (χ3n) is 5.64. The Hall–Kier alpha value is -3.60. The van der Waals surface area contributed by atoms with E-state index in [0.717, 1.165) is 28.7 Å². The highest BCUT2D eigenvalue weighted by Crippen LogP contribution is 2.44. The van der Waals surface area contributed by atoms with Gasteiger partial charge in [-0.1, -0.05) is 0 Å². The Labute approximate surface area is 201 Å². The van der Waals surface area contributed by atoms with Crippen LogP contribution in [0.2, 0.25) is 0 Å². The van der Waals surface area contributed by atoms with Crippen LogP contribution in [0.5, 0.6) is 0 Å². The maximum Gasteiger partial charge on any atom is 0.433 e. The van der Waals surface area contributed by atoms with Gasteiger partial charge >= 0.3 is 6.18 Å². The van der Waals surface area contributed by atoms with E-state index in [0.29, 0.717) is 11.7 Å². The van der Waals surface area contributed by atoms with Crippen molar-refractivity contribution in [3.05, 3.63) is 76.3 Å². The van der Waals surface area contributed by atoms with Crippen molar-refractivity contribution in [3.63, 3.8) is 0 Å². The second-order valence-corrected chi connectivity index (χ2v) is 9.42. The molecular formula is C24H19F4N5OS. The van der Waals surface area contributed by atoms with Crippen molar-refractivity contribution in [3.8, 4) is 0 Å². The summed E-state index contributed by atoms with van der Waals surface area (Å²) in [6.45, 7) is 1.75. The minimum absolute atomic E-state index is 0.0554. The van der Waals surface area contributed by atoms with Crippen molar-refractivity contribution in [1.82, 2.24) is 15.0 Å². The van der Waals surface area contributed by atoms with Crippen LogP contribution >= 0.6 is 11.3 Å². The van der Waals surface area contributed by atoms with Gasteiger partial charge < -0.3 is 10.6 Å². The highest BCUT2D eigenvalue weighted by molar-refractivity contribution is 7.18. The standard InChI is InChI=1S/C24H19F4N5OS/c1-12(31-21-11-29-18-9-19(13-2-3-13)35-23(18)33-21)16-8-15(5-6-17(16)25)32-22(34)14-4-7-20(30-10-14)24(26,27)28/h4-13H,2-3H2,1H3,(H,31,33)(H,32,34)/t12-/m0/s1. The molecule has 3 heterocycles. The minimum Gasteiger partial charge on any atom is -0.362 e. The van der Waals surface area contributed by atoms with E-state index in [1.807, 2.05) is 0 Å². The third kappa shape index (κ3) is 5.09. The molecule has 2 N–H and O–H groups in total. The third-order valence-corrected chi connectivity index (χ3v) is 6.82. The van der Waals surface area contributed by atoms with Crippen LogP contribution < -0.4 is 10.6 Å². The van der Waals surface area contributed by atoms with Crippen LogP contribution in [-0.2, 0) is 6.18 Å². The molecule has 1 atom stereocenters. The predicted molar refractivity (Wildman–Crippen MR) is 125 cm³/mol. The number of halogens is 4. The number of nitrogens with one attached hydrogen (secondary N) is 2. The number of nitrogens with zero attached hydrogens (tertiary/aromatic N) is 3. The van der Waals surface area contributed by atoms with Crippen LogP contribution in [0.3, 0.4) is 0 Å². The molecule has 1 amide bonds. The van der Waals surface area contributed by atoms with Crippen molar-refractivity contribution in [2.75, 3.05) is 10.6 Å². The summed E-state index contributed by atoms with van der Waals surface area (Å²) in [4.78, 5) is 26.9. The highest BCUT2D eigenvalue weighted by atomic mass is 32.1. The van der Waals surface area contributed by atoms with E-state index in [1.54, 1.807) is 24.5 Å². The van der Waals surface area contributed by atoms with E-state index in [-0.39, 0.29) is 16.8 Å². The molecule has 11 heteroatoms. The van der Waals surface area contributed by atoms with E-state index in [2.05, 4.69) is 31.7 Å². The van der Waals surface area contributed by atoms with Crippen LogP contribution in [0.25, 0.3) is 10.3 Å². The molecule has 1 aliphatic carbocycles. The molecule has 3 aromatic heterocycles. The monoisotopic (exact) mass is 501 g/mol. The van der Waals surface area contributed by atoms with Gasteiger partial charge in [0, 0.05) is 22.3 Å². The Morgan fingerprint density at radius 1 is 1.11 bits per heavy atom. The predicted octanol–water partition coefficient (Wildman–Crippen LogP) is 6.55. The molecule has 1 aromatic carbocycles. The molecule has 1 aliphatic rings. The summed E-state index contributed by atoms with van der Waals surface area (Å²) in [5, 5.41) is 5.71. The minimum atomic E-state index is -4.60. The molecule has 180 valence electrons. The van der Waals surface area contributed by atoms with Gasteiger partial charge in [-0.2, -0.15) is 13.2 Å². The smallest absolute Gasteiger partial charge is 0.362 e. The van der Waals surface area contributed by atoms with E-state index in [4.69, 9.17) is 0 Å². The number of aromatic nitrogens is 3. The molecule has 6 nitrogen and oxygen atoms in total. The Balaban J connectivity index is 1.30. The fraction of sp³-hybridized carbons (Fsp3) is 0.250. The van der Waals surface area contributed by atoms with Crippen molar-refractivity contribution in [2.24, 2.45) is 0 Å². The molecule has 0 unspecified atom stereocenters. The fourth-order valence-electron chi connectivity index (χ4n) is 3.62. The van der Waals surface area contributed by atoms with E-state index in [9.17, 15) is 22.4 Å². The summed E-state index contributed by atoms with van der Waals surface area (Å²) in [6.07, 6.45) is 0.235. The number of hydrogen-bond acceptors (Lipinski definition) is 6. The molecule has 1 saturated carbocycles. The number of anilines is 2. The van der Waals surface area contributed by atoms with Gasteiger partial charge in [0.1, 0.15) is 27.7 Å². The number of fused-ring (bicyclic) bond motifs is 1. The van der Waals surface area contributed by atoms with Gasteiger partial charge in [-0.05, 0) is 62.1 Å². The van der Waals surface area contributed by atoms with E-state index < -0.39 is 29.6 Å². The molecule has 0 saturated heterocycles. The number of hydrogen-bond donors (Lipinski definition) is 2. The Kier molecular flexibility index (Phi) is 5.87. The topological polar surface area (TPSA) is 79.8 Å². The van der Waals surface area contributed by atoms with Gasteiger partial charge in [0.15, 0.2) is 0 Å². The molecule has 0 bridgehead atoms. The van der Waals surface area contributed by atoms with Crippen LogP contribution in [0.15, 0.2) is 48.8 Å². The fourth-order valence-corrected chi connectivity index (χ4v) is 4.78. The lowest BCUT2D eigenvalue weighted by Crippen LogP contribution is -2.15. The lowest BCUT2D eigenvalue weighted by molar-refractivity contribution is -0.141. The van der Waals surface area contributed by atoms with Crippen LogP contribution in [-0.4, -0.2) is 20.9 Å². The molecular weight excluding hydrogens is 482 g/mol. The number of carbonyl (C=O) groups excluding carboxylic acids is 1. The SMILES string of the molecule is C[C@H](Nc1cnc2cc(C3CC3)sc2n1)c1cc(NC(=O)c2ccc(C(F)(F)F)nc2)ccc1F. The Morgan fingerprint density at radius 3 is 2.60 bits per heavy atom. The van der Waals surface area contributed by atoms with Crippen molar-refractivity contribution < 1.29 is 22.4 Å². The number of rotatable bonds is 6. The summed E-state index contributed by atoms with van der Waals surface area (Å²) in [7, 11) is 0. The number of carbonyl (C=O) groups is 1. The van der Waals surface area contributed by atoms with Crippen LogP contribution in [0, 0.1) is 5.82 Å². The number of amides is 1. The first-order valence-corrected chi connectivity index (χ1v) is 11.7. The lowest BCUT2D eigenvalue weighted by atomic mass is 10.1. The molecule has 1 fully saturated rings. The zero-order valence-electron chi connectivity index (χ0n) is 18.4. The van der Waals surface area contributed by atoms with Crippen LogP contribution in [0.4, 0.5) is 29.1 Å². The van der Waals surface area contributed by atoms with Crippen molar-refractivity contribution >= 4 is 39.1 Å². The quantitative estimate of drug-likeness (QED) is 0.293. The molecule has 0 aliphatic heterocycles. The molecule has 35 heavy (non-hydrogen) atoms.